The van der Waals surface area contributed by atoms with Gasteiger partial charge in [-0.2, -0.15) is 0 Å². The highest BCUT2D eigenvalue weighted by Crippen LogP contribution is 2.17. The van der Waals surface area contributed by atoms with Crippen molar-refractivity contribution in [2.75, 3.05) is 38.0 Å². The van der Waals surface area contributed by atoms with Crippen molar-refractivity contribution in [3.63, 3.8) is 0 Å². The maximum absolute atomic E-state index is 12.2. The Kier molecular flexibility index (Phi) is 6.30. The molecule has 0 bridgehead atoms. The van der Waals surface area contributed by atoms with Crippen molar-refractivity contribution in [1.82, 2.24) is 20.1 Å². The lowest BCUT2D eigenvalue weighted by Crippen LogP contribution is -2.51. The zero-order chi connectivity index (χ0) is 17.5. The number of nitrogens with zero attached hydrogens (tertiary/aromatic N) is 3. The van der Waals surface area contributed by atoms with Crippen LogP contribution in [0.4, 0.5) is 9.93 Å². The number of aromatic nitrogens is 1. The first-order valence-electron chi connectivity index (χ1n) is 7.63. The monoisotopic (exact) mass is 351 g/mol. The minimum absolute atomic E-state index is 0.0226. The van der Waals surface area contributed by atoms with Crippen LogP contribution in [0.3, 0.4) is 0 Å². The van der Waals surface area contributed by atoms with Crippen LogP contribution < -0.4 is 10.6 Å². The van der Waals surface area contributed by atoms with E-state index in [4.69, 9.17) is 0 Å². The van der Waals surface area contributed by atoms with Crippen LogP contribution in [0.15, 0.2) is 18.0 Å². The molecule has 130 valence electrons. The number of urea groups is 1. The Bertz CT molecular complexity index is 622. The second-order valence-corrected chi connectivity index (χ2v) is 6.19. The van der Waals surface area contributed by atoms with E-state index >= 15 is 0 Å². The molecule has 1 aliphatic rings. The molecule has 24 heavy (non-hydrogen) atoms. The summed E-state index contributed by atoms with van der Waals surface area (Å²) in [5, 5.41) is 7.62. The molecule has 0 aromatic carbocycles. The normalized spacial score (nSPS) is 14.2. The summed E-state index contributed by atoms with van der Waals surface area (Å²) in [5.41, 5.74) is 0.610. The summed E-state index contributed by atoms with van der Waals surface area (Å²) in [6.07, 6.45) is 1.77. The number of nitrogens with one attached hydrogen (secondary N) is 2. The first-order chi connectivity index (χ1) is 11.5. The SMILES string of the molecule is C=CCNC(=O)Cc1csc(NC(=O)N2CCN(C(C)=O)CC2)n1. The van der Waals surface area contributed by atoms with Crippen molar-refractivity contribution in [2.45, 2.75) is 13.3 Å². The average molecular weight is 351 g/mol. The lowest BCUT2D eigenvalue weighted by atomic mass is 10.3. The molecule has 1 aromatic rings. The summed E-state index contributed by atoms with van der Waals surface area (Å²) in [7, 11) is 0. The van der Waals surface area contributed by atoms with Gasteiger partial charge in [0.25, 0.3) is 0 Å². The summed E-state index contributed by atoms with van der Waals surface area (Å²) in [6, 6.07) is -0.241. The third kappa shape index (κ3) is 5.05. The highest BCUT2D eigenvalue weighted by Gasteiger charge is 2.22. The highest BCUT2D eigenvalue weighted by molar-refractivity contribution is 7.13. The summed E-state index contributed by atoms with van der Waals surface area (Å²) in [5.74, 6) is -0.118. The van der Waals surface area contributed by atoms with Gasteiger partial charge in [-0.1, -0.05) is 6.08 Å². The van der Waals surface area contributed by atoms with Crippen molar-refractivity contribution in [3.8, 4) is 0 Å². The summed E-state index contributed by atoms with van der Waals surface area (Å²) in [6.45, 7) is 7.54. The molecule has 2 rings (SSSR count). The van der Waals surface area contributed by atoms with Gasteiger partial charge in [0, 0.05) is 45.0 Å². The summed E-state index contributed by atoms with van der Waals surface area (Å²) >= 11 is 1.28. The Labute approximate surface area is 144 Å². The smallest absolute Gasteiger partial charge is 0.323 e. The van der Waals surface area contributed by atoms with E-state index in [1.807, 2.05) is 0 Å². The molecule has 2 N–H and O–H groups in total. The van der Waals surface area contributed by atoms with Crippen molar-refractivity contribution in [3.05, 3.63) is 23.7 Å². The Morgan fingerprint density at radius 2 is 1.96 bits per heavy atom. The van der Waals surface area contributed by atoms with Crippen LogP contribution in [0.25, 0.3) is 0 Å². The molecule has 1 aliphatic heterocycles. The fourth-order valence-electron chi connectivity index (χ4n) is 2.25. The third-order valence-electron chi connectivity index (χ3n) is 3.56. The molecule has 0 saturated carbocycles. The number of rotatable bonds is 5. The minimum atomic E-state index is -0.241. The standard InChI is InChI=1S/C15H21N5O3S/c1-3-4-16-13(22)9-12-10-24-14(17-12)18-15(23)20-7-5-19(6-8-20)11(2)21/h3,10H,1,4-9H2,2H3,(H,16,22)(H,17,18,23). The number of thiazole rings is 1. The molecule has 0 spiro atoms. The first kappa shape index (κ1) is 17.9. The molecule has 0 aliphatic carbocycles. The molecule has 9 heteroatoms. The lowest BCUT2D eigenvalue weighted by Gasteiger charge is -2.33. The van der Waals surface area contributed by atoms with Gasteiger partial charge in [0.15, 0.2) is 5.13 Å². The van der Waals surface area contributed by atoms with Crippen LogP contribution in [-0.4, -0.2) is 65.4 Å². The van der Waals surface area contributed by atoms with Crippen LogP contribution in [0.5, 0.6) is 0 Å². The summed E-state index contributed by atoms with van der Waals surface area (Å²) in [4.78, 5) is 42.7. The lowest BCUT2D eigenvalue weighted by molar-refractivity contribution is -0.130. The second-order valence-electron chi connectivity index (χ2n) is 5.34. The van der Waals surface area contributed by atoms with Gasteiger partial charge in [-0.3, -0.25) is 14.9 Å². The van der Waals surface area contributed by atoms with E-state index in [-0.39, 0.29) is 24.3 Å². The molecule has 4 amide bonds. The topological polar surface area (TPSA) is 94.6 Å². The van der Waals surface area contributed by atoms with E-state index in [1.54, 1.807) is 21.3 Å². The molecule has 1 aromatic heterocycles. The molecule has 1 fully saturated rings. The van der Waals surface area contributed by atoms with E-state index in [1.165, 1.54) is 18.3 Å². The molecule has 8 nitrogen and oxygen atoms in total. The zero-order valence-corrected chi connectivity index (χ0v) is 14.4. The zero-order valence-electron chi connectivity index (χ0n) is 13.6. The van der Waals surface area contributed by atoms with Gasteiger partial charge in [-0.25, -0.2) is 9.78 Å². The Hall–Kier alpha value is -2.42. The molecule has 0 radical (unpaired) electrons. The van der Waals surface area contributed by atoms with E-state index in [0.717, 1.165) is 0 Å². The van der Waals surface area contributed by atoms with Gasteiger partial charge >= 0.3 is 6.03 Å². The average Bonchev–Trinajstić information content (AvgIpc) is 2.99. The largest absolute Gasteiger partial charge is 0.352 e. The van der Waals surface area contributed by atoms with E-state index < -0.39 is 0 Å². The van der Waals surface area contributed by atoms with Crippen LogP contribution >= 0.6 is 11.3 Å². The fourth-order valence-corrected chi connectivity index (χ4v) is 2.95. The van der Waals surface area contributed by atoms with Crippen molar-refractivity contribution in [2.24, 2.45) is 0 Å². The number of carbonyl (C=O) groups is 3. The molecule has 2 heterocycles. The van der Waals surface area contributed by atoms with Crippen molar-refractivity contribution in [1.29, 1.82) is 0 Å². The first-order valence-corrected chi connectivity index (χ1v) is 8.51. The van der Waals surface area contributed by atoms with Crippen LogP contribution in [0.2, 0.25) is 0 Å². The highest BCUT2D eigenvalue weighted by atomic mass is 32.1. The van der Waals surface area contributed by atoms with Crippen LogP contribution in [0, 0.1) is 0 Å². The van der Waals surface area contributed by atoms with Crippen molar-refractivity contribution < 1.29 is 14.4 Å². The number of piperazine rings is 1. The molecule has 0 unspecified atom stereocenters. The Morgan fingerprint density at radius 1 is 1.29 bits per heavy atom. The van der Waals surface area contributed by atoms with Gasteiger partial charge in [-0.15, -0.1) is 17.9 Å². The Morgan fingerprint density at radius 3 is 2.58 bits per heavy atom. The van der Waals surface area contributed by atoms with Crippen LogP contribution in [0.1, 0.15) is 12.6 Å². The van der Waals surface area contributed by atoms with Gasteiger partial charge < -0.3 is 15.1 Å². The third-order valence-corrected chi connectivity index (χ3v) is 4.37. The van der Waals surface area contributed by atoms with Gasteiger partial charge in [0.1, 0.15) is 0 Å². The van der Waals surface area contributed by atoms with E-state index in [0.29, 0.717) is 43.5 Å². The van der Waals surface area contributed by atoms with Gasteiger partial charge in [0.2, 0.25) is 11.8 Å². The second kappa shape index (κ2) is 8.44. The number of hydrogen-bond acceptors (Lipinski definition) is 5. The van der Waals surface area contributed by atoms with Gasteiger partial charge in [0.05, 0.1) is 12.1 Å². The van der Waals surface area contributed by atoms with E-state index in [2.05, 4.69) is 22.2 Å². The minimum Gasteiger partial charge on any atom is -0.352 e. The summed E-state index contributed by atoms with van der Waals surface area (Å²) < 4.78 is 0. The van der Waals surface area contributed by atoms with Crippen LogP contribution in [-0.2, 0) is 16.0 Å². The predicted molar refractivity (Wildman–Crippen MR) is 91.9 cm³/mol. The number of hydrogen-bond donors (Lipinski definition) is 2. The molecular formula is C15H21N5O3S. The molecular weight excluding hydrogens is 330 g/mol. The number of carbonyl (C=O) groups excluding carboxylic acids is 3. The van der Waals surface area contributed by atoms with Gasteiger partial charge in [-0.05, 0) is 0 Å². The van der Waals surface area contributed by atoms with Crippen molar-refractivity contribution >= 4 is 34.3 Å². The Balaban J connectivity index is 1.81. The number of anilines is 1. The maximum atomic E-state index is 12.2. The predicted octanol–water partition coefficient (Wildman–Crippen LogP) is 0.684. The molecule has 0 atom stereocenters. The molecule has 1 saturated heterocycles. The number of amides is 4. The van der Waals surface area contributed by atoms with E-state index in [9.17, 15) is 14.4 Å². The quantitative estimate of drug-likeness (QED) is 0.763. The fraction of sp³-hybridized carbons (Fsp3) is 0.467. The maximum Gasteiger partial charge on any atom is 0.323 e.